The van der Waals surface area contributed by atoms with Gasteiger partial charge in [0.05, 0.1) is 17.7 Å². The summed E-state index contributed by atoms with van der Waals surface area (Å²) in [5, 5.41) is 13.2. The molecule has 0 radical (unpaired) electrons. The van der Waals surface area contributed by atoms with Crippen molar-refractivity contribution in [2.75, 3.05) is 11.9 Å². The number of rotatable bonds is 7. The number of nitrogens with zero attached hydrogens (tertiary/aromatic N) is 1. The van der Waals surface area contributed by atoms with Crippen LogP contribution < -0.4 is 10.9 Å². The third kappa shape index (κ3) is 4.58. The maximum atomic E-state index is 13.8. The number of ether oxygens (including phenoxy) is 1. The molecule has 0 bridgehead atoms. The molecule has 0 spiro atoms. The Bertz CT molecular complexity index is 1190. The van der Waals surface area contributed by atoms with E-state index >= 15 is 0 Å². The van der Waals surface area contributed by atoms with Gasteiger partial charge in [0.2, 0.25) is 0 Å². The number of carbonyl (C=O) groups excluding carboxylic acids is 2. The number of carbonyl (C=O) groups is 2. The molecule has 0 atom stereocenters. The molecule has 0 unspecified atom stereocenters. The standard InChI is InChI=1S/C23H23FN2O5/c1-3-11-26-18-10-7-15(24)13-17(18)20(27)19(22(26)29)21(28)25-16-8-5-14(6-9-16)23(30)31-12-4-2/h5-10,13,27H,3-4,11-12H2,1-2H3,(H,25,28). The summed E-state index contributed by atoms with van der Waals surface area (Å²) in [7, 11) is 0. The van der Waals surface area contributed by atoms with Crippen LogP contribution in [0, 0.1) is 5.82 Å². The van der Waals surface area contributed by atoms with E-state index in [1.165, 1.54) is 41.0 Å². The highest BCUT2D eigenvalue weighted by molar-refractivity contribution is 6.09. The Morgan fingerprint density at radius 2 is 1.81 bits per heavy atom. The number of aromatic hydroxyl groups is 1. The SMILES string of the molecule is CCCOC(=O)c1ccc(NC(=O)c2c(O)c3cc(F)ccc3n(CCC)c2=O)cc1. The number of esters is 1. The van der Waals surface area contributed by atoms with E-state index in [-0.39, 0.29) is 5.39 Å². The third-order valence-corrected chi connectivity index (χ3v) is 4.69. The summed E-state index contributed by atoms with van der Waals surface area (Å²) >= 11 is 0. The zero-order chi connectivity index (χ0) is 22.5. The molecule has 0 aliphatic carbocycles. The molecule has 31 heavy (non-hydrogen) atoms. The lowest BCUT2D eigenvalue weighted by molar-refractivity contribution is 0.0505. The topological polar surface area (TPSA) is 97.6 Å². The Labute approximate surface area is 178 Å². The molecule has 2 N–H and O–H groups in total. The maximum absolute atomic E-state index is 13.8. The number of amides is 1. The molecule has 3 aromatic rings. The fourth-order valence-electron chi connectivity index (χ4n) is 3.23. The zero-order valence-corrected chi connectivity index (χ0v) is 17.3. The summed E-state index contributed by atoms with van der Waals surface area (Å²) in [5.74, 6) is -2.48. The van der Waals surface area contributed by atoms with Gasteiger partial charge >= 0.3 is 5.97 Å². The summed E-state index contributed by atoms with van der Waals surface area (Å²) in [4.78, 5) is 37.7. The predicted octanol–water partition coefficient (Wildman–Crippen LogP) is 4.08. The van der Waals surface area contributed by atoms with Crippen molar-refractivity contribution < 1.29 is 23.8 Å². The molecule has 8 heteroatoms. The highest BCUT2D eigenvalue weighted by atomic mass is 19.1. The minimum absolute atomic E-state index is 0.0761. The van der Waals surface area contributed by atoms with Crippen LogP contribution in [0.1, 0.15) is 47.4 Å². The van der Waals surface area contributed by atoms with Crippen LogP contribution >= 0.6 is 0 Å². The van der Waals surface area contributed by atoms with Gasteiger partial charge in [0.15, 0.2) is 0 Å². The summed E-state index contributed by atoms with van der Waals surface area (Å²) in [5.41, 5.74) is -0.163. The molecular weight excluding hydrogens is 403 g/mol. The normalized spacial score (nSPS) is 10.8. The van der Waals surface area contributed by atoms with E-state index < -0.39 is 34.6 Å². The predicted molar refractivity (Wildman–Crippen MR) is 115 cm³/mol. The smallest absolute Gasteiger partial charge is 0.338 e. The summed E-state index contributed by atoms with van der Waals surface area (Å²) in [6.07, 6.45) is 1.31. The van der Waals surface area contributed by atoms with Gasteiger partial charge in [-0.15, -0.1) is 0 Å². The number of nitrogens with one attached hydrogen (secondary N) is 1. The first-order valence-corrected chi connectivity index (χ1v) is 10.0. The van der Waals surface area contributed by atoms with E-state index in [9.17, 15) is 23.9 Å². The summed E-state index contributed by atoms with van der Waals surface area (Å²) in [6, 6.07) is 9.63. The average Bonchev–Trinajstić information content (AvgIpc) is 2.75. The molecule has 0 fully saturated rings. The Morgan fingerprint density at radius 1 is 1.10 bits per heavy atom. The number of fused-ring (bicyclic) bond motifs is 1. The Kier molecular flexibility index (Phi) is 6.69. The quantitative estimate of drug-likeness (QED) is 0.555. The molecule has 1 amide bonds. The second kappa shape index (κ2) is 9.42. The van der Waals surface area contributed by atoms with E-state index in [2.05, 4.69) is 5.32 Å². The highest BCUT2D eigenvalue weighted by Crippen LogP contribution is 2.28. The van der Waals surface area contributed by atoms with Gasteiger partial charge in [-0.1, -0.05) is 13.8 Å². The lowest BCUT2D eigenvalue weighted by Gasteiger charge is -2.14. The number of hydrogen-bond donors (Lipinski definition) is 2. The number of hydrogen-bond acceptors (Lipinski definition) is 5. The monoisotopic (exact) mass is 426 g/mol. The van der Waals surface area contributed by atoms with E-state index in [0.717, 1.165) is 6.07 Å². The number of anilines is 1. The van der Waals surface area contributed by atoms with Crippen molar-refractivity contribution in [2.45, 2.75) is 33.2 Å². The maximum Gasteiger partial charge on any atom is 0.338 e. The van der Waals surface area contributed by atoms with Crippen molar-refractivity contribution >= 4 is 28.5 Å². The molecule has 0 aliphatic heterocycles. The number of aryl methyl sites for hydroxylation is 1. The van der Waals surface area contributed by atoms with Gasteiger partial charge in [-0.2, -0.15) is 0 Å². The largest absolute Gasteiger partial charge is 0.506 e. The first kappa shape index (κ1) is 22.0. The molecule has 7 nitrogen and oxygen atoms in total. The lowest BCUT2D eigenvalue weighted by atomic mass is 10.1. The second-order valence-corrected chi connectivity index (χ2v) is 7.01. The van der Waals surface area contributed by atoms with Crippen LogP contribution in [0.3, 0.4) is 0 Å². The van der Waals surface area contributed by atoms with Crippen LogP contribution in [0.2, 0.25) is 0 Å². The van der Waals surface area contributed by atoms with E-state index in [1.807, 2.05) is 13.8 Å². The highest BCUT2D eigenvalue weighted by Gasteiger charge is 2.22. The molecule has 1 aromatic heterocycles. The van der Waals surface area contributed by atoms with Gasteiger partial charge in [-0.05, 0) is 55.3 Å². The fourth-order valence-corrected chi connectivity index (χ4v) is 3.23. The van der Waals surface area contributed by atoms with Crippen molar-refractivity contribution in [1.29, 1.82) is 0 Å². The zero-order valence-electron chi connectivity index (χ0n) is 17.3. The number of aromatic nitrogens is 1. The molecule has 0 saturated carbocycles. The minimum atomic E-state index is -0.833. The Balaban J connectivity index is 1.95. The Hall–Kier alpha value is -3.68. The van der Waals surface area contributed by atoms with E-state index in [1.54, 1.807) is 0 Å². The lowest BCUT2D eigenvalue weighted by Crippen LogP contribution is -2.29. The molecule has 3 rings (SSSR count). The van der Waals surface area contributed by atoms with Crippen molar-refractivity contribution in [2.24, 2.45) is 0 Å². The van der Waals surface area contributed by atoms with Crippen molar-refractivity contribution in [3.05, 3.63) is 69.8 Å². The van der Waals surface area contributed by atoms with Gasteiger partial charge in [0.1, 0.15) is 17.1 Å². The van der Waals surface area contributed by atoms with E-state index in [4.69, 9.17) is 4.74 Å². The Morgan fingerprint density at radius 3 is 2.45 bits per heavy atom. The fraction of sp³-hybridized carbons (Fsp3) is 0.261. The van der Waals surface area contributed by atoms with Gasteiger partial charge in [-0.25, -0.2) is 9.18 Å². The minimum Gasteiger partial charge on any atom is -0.506 e. The van der Waals surface area contributed by atoms with Gasteiger partial charge in [0, 0.05) is 17.6 Å². The van der Waals surface area contributed by atoms with Crippen molar-refractivity contribution in [1.82, 2.24) is 4.57 Å². The number of halogens is 1. The van der Waals surface area contributed by atoms with Gasteiger partial charge in [-0.3, -0.25) is 9.59 Å². The molecular formula is C23H23FN2O5. The number of benzene rings is 2. The number of pyridine rings is 1. The van der Waals surface area contributed by atoms with Crippen molar-refractivity contribution in [3.8, 4) is 5.75 Å². The first-order valence-electron chi connectivity index (χ1n) is 10.0. The molecule has 0 saturated heterocycles. The van der Waals surface area contributed by atoms with Crippen LogP contribution in [-0.4, -0.2) is 28.2 Å². The van der Waals surface area contributed by atoms with Crippen LogP contribution in [0.4, 0.5) is 10.1 Å². The van der Waals surface area contributed by atoms with Crippen LogP contribution in [-0.2, 0) is 11.3 Å². The van der Waals surface area contributed by atoms with Gasteiger partial charge < -0.3 is 19.7 Å². The summed E-state index contributed by atoms with van der Waals surface area (Å²) < 4.78 is 20.2. The molecule has 0 aliphatic rings. The molecule has 1 heterocycles. The average molecular weight is 426 g/mol. The van der Waals surface area contributed by atoms with Crippen LogP contribution in [0.5, 0.6) is 5.75 Å². The van der Waals surface area contributed by atoms with Crippen molar-refractivity contribution in [3.63, 3.8) is 0 Å². The molecule has 2 aromatic carbocycles. The summed E-state index contributed by atoms with van der Waals surface area (Å²) in [6.45, 7) is 4.36. The van der Waals surface area contributed by atoms with Crippen LogP contribution in [0.25, 0.3) is 10.9 Å². The van der Waals surface area contributed by atoms with E-state index in [0.29, 0.717) is 42.8 Å². The van der Waals surface area contributed by atoms with Gasteiger partial charge in [0.25, 0.3) is 11.5 Å². The van der Waals surface area contributed by atoms with Crippen LogP contribution in [0.15, 0.2) is 47.3 Å². The molecule has 162 valence electrons. The second-order valence-electron chi connectivity index (χ2n) is 7.01. The third-order valence-electron chi connectivity index (χ3n) is 4.69. The first-order chi connectivity index (χ1) is 14.9.